The van der Waals surface area contributed by atoms with E-state index in [0.717, 1.165) is 12.0 Å². The average molecular weight is 452 g/mol. The average Bonchev–Trinajstić information content (AvgIpc) is 3.53. The maximum atomic E-state index is 10.6. The Labute approximate surface area is 189 Å². The van der Waals surface area contributed by atoms with Crippen LogP contribution in [0.15, 0.2) is 30.6 Å². The molecule has 5 atom stereocenters. The maximum absolute atomic E-state index is 10.6. The second kappa shape index (κ2) is 8.92. The molecule has 5 rings (SSSR count). The van der Waals surface area contributed by atoms with Crippen LogP contribution in [0, 0.1) is 11.3 Å². The van der Waals surface area contributed by atoms with Crippen LogP contribution in [0.4, 0.5) is 5.95 Å². The zero-order valence-electron chi connectivity index (χ0n) is 18.0. The van der Waals surface area contributed by atoms with Crippen molar-refractivity contribution in [2.45, 2.75) is 50.5 Å². The monoisotopic (exact) mass is 452 g/mol. The molecule has 0 amide bonds. The van der Waals surface area contributed by atoms with Crippen molar-refractivity contribution >= 4 is 17.1 Å². The Morgan fingerprint density at radius 1 is 1.24 bits per heavy atom. The smallest absolute Gasteiger partial charge is 0.245 e. The minimum Gasteiger partial charge on any atom is -0.471 e. The summed E-state index contributed by atoms with van der Waals surface area (Å²) in [4.78, 5) is 13.3. The summed E-state index contributed by atoms with van der Waals surface area (Å²) in [6, 6.07) is 9.20. The molecule has 1 aromatic carbocycles. The third-order valence-electron chi connectivity index (χ3n) is 5.90. The molecular formula is C22H24N6O5. The number of aliphatic hydroxyl groups is 2. The molecular weight excluding hydrogens is 428 g/mol. The Morgan fingerprint density at radius 3 is 2.73 bits per heavy atom. The van der Waals surface area contributed by atoms with Gasteiger partial charge in [-0.2, -0.15) is 10.2 Å². The fourth-order valence-corrected chi connectivity index (χ4v) is 4.04. The molecule has 2 aromatic heterocycles. The van der Waals surface area contributed by atoms with Crippen LogP contribution >= 0.6 is 0 Å². The van der Waals surface area contributed by atoms with Crippen LogP contribution in [-0.4, -0.2) is 67.3 Å². The Morgan fingerprint density at radius 2 is 2.06 bits per heavy atom. The van der Waals surface area contributed by atoms with E-state index in [2.05, 4.69) is 26.3 Å². The van der Waals surface area contributed by atoms with Gasteiger partial charge in [0.05, 0.1) is 30.4 Å². The van der Waals surface area contributed by atoms with Gasteiger partial charge in [0.25, 0.3) is 0 Å². The zero-order chi connectivity index (χ0) is 22.9. The number of fused-ring (bicyclic) bond motifs is 1. The first-order chi connectivity index (χ1) is 16.0. The molecule has 3 aromatic rings. The molecule has 11 nitrogen and oxygen atoms in total. The highest BCUT2D eigenvalue weighted by molar-refractivity contribution is 5.79. The van der Waals surface area contributed by atoms with Gasteiger partial charge in [0.2, 0.25) is 11.8 Å². The summed E-state index contributed by atoms with van der Waals surface area (Å²) in [7, 11) is 0. The summed E-state index contributed by atoms with van der Waals surface area (Å²) in [6.45, 7) is 3.10. The second-order valence-corrected chi connectivity index (χ2v) is 8.17. The Bertz CT molecular complexity index is 1170. The first-order valence-corrected chi connectivity index (χ1v) is 10.8. The lowest BCUT2D eigenvalue weighted by atomic mass is 10.1. The molecule has 2 aliphatic rings. The Hall–Kier alpha value is -3.30. The second-order valence-electron chi connectivity index (χ2n) is 8.17. The highest BCUT2D eigenvalue weighted by Crippen LogP contribution is 2.36. The van der Waals surface area contributed by atoms with E-state index in [4.69, 9.17) is 19.5 Å². The molecule has 2 saturated heterocycles. The topological polar surface area (TPSA) is 148 Å². The van der Waals surface area contributed by atoms with Crippen molar-refractivity contribution in [1.82, 2.24) is 19.5 Å². The largest absolute Gasteiger partial charge is 0.471 e. The fourth-order valence-electron chi connectivity index (χ4n) is 4.04. The van der Waals surface area contributed by atoms with E-state index in [1.54, 1.807) is 23.6 Å². The van der Waals surface area contributed by atoms with Crippen LogP contribution in [0.2, 0.25) is 0 Å². The predicted octanol–water partition coefficient (Wildman–Crippen LogP) is 1.12. The molecule has 0 radical (unpaired) electrons. The van der Waals surface area contributed by atoms with Crippen LogP contribution in [0.25, 0.3) is 11.2 Å². The SMILES string of the molecule is C[C@H]1O[C@@H](n2c(N[C@H]3CCOC3)nc3c(OCc4ccc(C#N)cc4)ncnc32)[C@H](O)[C@@H]1O. The van der Waals surface area contributed by atoms with Gasteiger partial charge in [0, 0.05) is 6.61 Å². The molecule has 2 aliphatic heterocycles. The summed E-state index contributed by atoms with van der Waals surface area (Å²) < 4.78 is 18.9. The van der Waals surface area contributed by atoms with E-state index in [0.29, 0.717) is 35.9 Å². The standard InChI is InChI=1S/C22H24N6O5/c1-12-17(29)18(30)21(33-12)28-19-16(27-22(28)26-15-6-7-31-10-15)20(25-11-24-19)32-9-14-4-2-13(8-23)3-5-14/h2-5,11-12,15,17-18,21,29-30H,6-7,9-10H2,1H3,(H,26,27)/t12-,15+,17-,18-,21-/m1/s1. The normalized spacial score (nSPS) is 27.0. The van der Waals surface area contributed by atoms with Crippen molar-refractivity contribution in [1.29, 1.82) is 5.26 Å². The maximum Gasteiger partial charge on any atom is 0.245 e. The first kappa shape index (κ1) is 21.5. The molecule has 0 unspecified atom stereocenters. The van der Waals surface area contributed by atoms with Gasteiger partial charge < -0.3 is 29.7 Å². The van der Waals surface area contributed by atoms with Gasteiger partial charge >= 0.3 is 0 Å². The fraction of sp³-hybridized carbons (Fsp3) is 0.455. The van der Waals surface area contributed by atoms with Gasteiger partial charge in [-0.1, -0.05) is 12.1 Å². The molecule has 0 spiro atoms. The summed E-state index contributed by atoms with van der Waals surface area (Å²) in [5, 5.41) is 33.2. The number of hydrogen-bond donors (Lipinski definition) is 3. The number of nitrogens with one attached hydrogen (secondary N) is 1. The van der Waals surface area contributed by atoms with Crippen molar-refractivity contribution in [3.8, 4) is 11.9 Å². The summed E-state index contributed by atoms with van der Waals surface area (Å²) in [6.07, 6.45) is -1.47. The van der Waals surface area contributed by atoms with Crippen molar-refractivity contribution in [3.63, 3.8) is 0 Å². The molecule has 11 heteroatoms. The molecule has 0 saturated carbocycles. The van der Waals surface area contributed by atoms with E-state index < -0.39 is 24.5 Å². The number of anilines is 1. The highest BCUT2D eigenvalue weighted by Gasteiger charge is 2.43. The summed E-state index contributed by atoms with van der Waals surface area (Å²) in [5.74, 6) is 0.699. The van der Waals surface area contributed by atoms with Gasteiger partial charge in [-0.05, 0) is 31.0 Å². The lowest BCUT2D eigenvalue weighted by molar-refractivity contribution is -0.0287. The number of nitriles is 1. The van der Waals surface area contributed by atoms with Gasteiger partial charge in [0.15, 0.2) is 17.4 Å². The number of nitrogens with zero attached hydrogens (tertiary/aromatic N) is 5. The van der Waals surface area contributed by atoms with E-state index in [1.165, 1.54) is 6.33 Å². The lowest BCUT2D eigenvalue weighted by Gasteiger charge is -2.21. The van der Waals surface area contributed by atoms with Crippen molar-refractivity contribution in [3.05, 3.63) is 41.7 Å². The quantitative estimate of drug-likeness (QED) is 0.497. The van der Waals surface area contributed by atoms with Crippen LogP contribution in [0.1, 0.15) is 30.7 Å². The van der Waals surface area contributed by atoms with Crippen LogP contribution in [0.3, 0.4) is 0 Å². The number of aliphatic hydroxyl groups excluding tert-OH is 2. The van der Waals surface area contributed by atoms with Crippen molar-refractivity contribution in [2.75, 3.05) is 18.5 Å². The van der Waals surface area contributed by atoms with Crippen molar-refractivity contribution < 1.29 is 24.4 Å². The Balaban J connectivity index is 1.49. The van der Waals surface area contributed by atoms with Gasteiger partial charge in [-0.3, -0.25) is 4.57 Å². The molecule has 172 valence electrons. The number of ether oxygens (including phenoxy) is 3. The number of rotatable bonds is 6. The molecule has 0 aliphatic carbocycles. The van der Waals surface area contributed by atoms with Gasteiger partial charge in [-0.15, -0.1) is 0 Å². The minimum atomic E-state index is -1.16. The third kappa shape index (κ3) is 4.09. The van der Waals surface area contributed by atoms with Crippen LogP contribution in [-0.2, 0) is 16.1 Å². The number of hydrogen-bond acceptors (Lipinski definition) is 10. The lowest BCUT2D eigenvalue weighted by Crippen LogP contribution is -2.31. The third-order valence-corrected chi connectivity index (χ3v) is 5.90. The number of aromatic nitrogens is 4. The predicted molar refractivity (Wildman–Crippen MR) is 115 cm³/mol. The summed E-state index contributed by atoms with van der Waals surface area (Å²) in [5.41, 5.74) is 2.25. The first-order valence-electron chi connectivity index (χ1n) is 10.8. The Kier molecular flexibility index (Phi) is 5.82. The highest BCUT2D eigenvalue weighted by atomic mass is 16.6. The molecule has 2 fully saturated rings. The van der Waals surface area contributed by atoms with E-state index in [1.807, 2.05) is 12.1 Å². The van der Waals surface area contributed by atoms with Gasteiger partial charge in [0.1, 0.15) is 25.1 Å². The number of benzene rings is 1. The van der Waals surface area contributed by atoms with Crippen molar-refractivity contribution in [2.24, 2.45) is 0 Å². The summed E-state index contributed by atoms with van der Waals surface area (Å²) >= 11 is 0. The molecule has 3 N–H and O–H groups in total. The number of imidazole rings is 1. The molecule has 0 bridgehead atoms. The van der Waals surface area contributed by atoms with Crippen LogP contribution in [0.5, 0.6) is 5.88 Å². The van der Waals surface area contributed by atoms with Crippen LogP contribution < -0.4 is 10.1 Å². The molecule has 4 heterocycles. The molecule has 33 heavy (non-hydrogen) atoms. The van der Waals surface area contributed by atoms with E-state index in [9.17, 15) is 10.2 Å². The van der Waals surface area contributed by atoms with E-state index >= 15 is 0 Å². The van der Waals surface area contributed by atoms with Gasteiger partial charge in [-0.25, -0.2) is 9.97 Å². The zero-order valence-corrected chi connectivity index (χ0v) is 18.0. The minimum absolute atomic E-state index is 0.0393. The van der Waals surface area contributed by atoms with E-state index in [-0.39, 0.29) is 18.5 Å².